The van der Waals surface area contributed by atoms with Crippen LogP contribution in [0.5, 0.6) is 0 Å². The van der Waals surface area contributed by atoms with E-state index in [0.29, 0.717) is 0 Å². The Morgan fingerprint density at radius 3 is 2.00 bits per heavy atom. The molecule has 0 fully saturated rings. The summed E-state index contributed by atoms with van der Waals surface area (Å²) in [5.74, 6) is 7.34. The summed E-state index contributed by atoms with van der Waals surface area (Å²) in [6.07, 6.45) is 0. The molecule has 1 rings (SSSR count). The molecule has 0 aliphatic heterocycles. The summed E-state index contributed by atoms with van der Waals surface area (Å²) in [5.41, 5.74) is 2.88. The Hall–Kier alpha value is -0.237. The molecule has 1 heteroatoms. The number of hydrogen-bond acceptors (Lipinski definition) is 0. The fourth-order valence-electron chi connectivity index (χ4n) is 1.54. The first-order chi connectivity index (χ1) is 5.41. The molecule has 0 unspecified atom stereocenters. The molecule has 0 aliphatic rings. The minimum atomic E-state index is -1.59. The first kappa shape index (κ1) is 9.85. The Labute approximate surface area is 78.4 Å². The molecule has 0 nitrogen and oxygen atoms in total. The summed E-state index contributed by atoms with van der Waals surface area (Å²) in [6, 6.07) is 6.82. The molecule has 66 valence electrons. The van der Waals surface area contributed by atoms with Crippen molar-refractivity contribution in [1.29, 1.82) is 0 Å². The predicted molar refractivity (Wildman–Crippen MR) is 58.9 cm³/mol. The SMILES string of the molecule is Cc1ccc(C)[c]([Ge]([CH3])([CH3])[CH3])c1. The van der Waals surface area contributed by atoms with Crippen molar-refractivity contribution in [3.8, 4) is 0 Å². The molecule has 0 aromatic heterocycles. The van der Waals surface area contributed by atoms with E-state index in [1.54, 1.807) is 4.40 Å². The fraction of sp³-hybridized carbons (Fsp3) is 0.455. The average molecular weight is 223 g/mol. The molecule has 0 radical (unpaired) electrons. The van der Waals surface area contributed by atoms with Gasteiger partial charge in [-0.25, -0.2) is 0 Å². The predicted octanol–water partition coefficient (Wildman–Crippen LogP) is 2.85. The Morgan fingerprint density at radius 1 is 1.00 bits per heavy atom. The van der Waals surface area contributed by atoms with E-state index in [-0.39, 0.29) is 0 Å². The summed E-state index contributed by atoms with van der Waals surface area (Å²) in [5, 5.41) is 0. The van der Waals surface area contributed by atoms with E-state index in [1.165, 1.54) is 11.1 Å². The van der Waals surface area contributed by atoms with Crippen LogP contribution in [-0.2, 0) is 0 Å². The van der Waals surface area contributed by atoms with Crippen molar-refractivity contribution in [1.82, 2.24) is 0 Å². The topological polar surface area (TPSA) is 0 Å². The van der Waals surface area contributed by atoms with Gasteiger partial charge < -0.3 is 0 Å². The van der Waals surface area contributed by atoms with Crippen molar-refractivity contribution in [3.05, 3.63) is 29.3 Å². The molecular formula is C11H18Ge. The minimum absolute atomic E-state index is 1.40. The Bertz CT molecular complexity index is 282. The van der Waals surface area contributed by atoms with Crippen LogP contribution in [-0.4, -0.2) is 13.3 Å². The summed E-state index contributed by atoms with van der Waals surface area (Å²) in [4.78, 5) is 0. The third kappa shape index (κ3) is 2.13. The van der Waals surface area contributed by atoms with Crippen molar-refractivity contribution < 1.29 is 0 Å². The first-order valence-corrected chi connectivity index (χ1v) is 11.8. The van der Waals surface area contributed by atoms with E-state index in [2.05, 4.69) is 49.3 Å². The second-order valence-electron chi connectivity index (χ2n) is 4.57. The molecule has 0 saturated heterocycles. The van der Waals surface area contributed by atoms with Crippen molar-refractivity contribution >= 4 is 17.7 Å². The van der Waals surface area contributed by atoms with Crippen LogP contribution in [0.25, 0.3) is 0 Å². The third-order valence-corrected chi connectivity index (χ3v) is 6.72. The first-order valence-electron chi connectivity index (χ1n) is 4.49. The number of aryl methyl sites for hydroxylation is 2. The Balaban J connectivity index is 3.23. The quantitative estimate of drug-likeness (QED) is 0.642. The van der Waals surface area contributed by atoms with Crippen LogP contribution >= 0.6 is 0 Å². The fourth-order valence-corrected chi connectivity index (χ4v) is 5.59. The van der Waals surface area contributed by atoms with Crippen molar-refractivity contribution in [2.45, 2.75) is 31.1 Å². The molecule has 0 spiro atoms. The van der Waals surface area contributed by atoms with E-state index in [9.17, 15) is 0 Å². The van der Waals surface area contributed by atoms with E-state index in [0.717, 1.165) is 0 Å². The van der Waals surface area contributed by atoms with Crippen molar-refractivity contribution in [3.63, 3.8) is 0 Å². The number of hydrogen-bond donors (Lipinski definition) is 0. The van der Waals surface area contributed by atoms with Gasteiger partial charge in [0.15, 0.2) is 0 Å². The Morgan fingerprint density at radius 2 is 1.58 bits per heavy atom. The standard InChI is InChI=1S/C11H18Ge/c1-9-6-7-10(2)11(8-9)12(3,4)5/h6-8H,1-5H3. The van der Waals surface area contributed by atoms with E-state index >= 15 is 0 Å². The van der Waals surface area contributed by atoms with E-state index in [1.807, 2.05) is 0 Å². The van der Waals surface area contributed by atoms with Gasteiger partial charge in [0.2, 0.25) is 0 Å². The van der Waals surface area contributed by atoms with Gasteiger partial charge in [-0.15, -0.1) is 0 Å². The normalized spacial score (nSPS) is 11.8. The third-order valence-electron chi connectivity index (χ3n) is 2.20. The molecule has 0 atom stereocenters. The molecule has 12 heavy (non-hydrogen) atoms. The Kier molecular flexibility index (Phi) is 2.67. The summed E-state index contributed by atoms with van der Waals surface area (Å²) in [6.45, 7) is 4.40. The molecule has 0 heterocycles. The molecule has 0 saturated carbocycles. The number of rotatable bonds is 1. The summed E-state index contributed by atoms with van der Waals surface area (Å²) < 4.78 is 1.65. The molecule has 0 amide bonds. The van der Waals surface area contributed by atoms with Crippen molar-refractivity contribution in [2.75, 3.05) is 0 Å². The second-order valence-corrected chi connectivity index (χ2v) is 15.1. The van der Waals surface area contributed by atoms with E-state index < -0.39 is 13.3 Å². The maximum atomic E-state index is 2.45. The molecular weight excluding hydrogens is 205 g/mol. The number of benzene rings is 1. The van der Waals surface area contributed by atoms with Crippen LogP contribution in [0.2, 0.25) is 17.3 Å². The van der Waals surface area contributed by atoms with Gasteiger partial charge in [-0.2, -0.15) is 0 Å². The van der Waals surface area contributed by atoms with Crippen LogP contribution in [0.3, 0.4) is 0 Å². The summed E-state index contributed by atoms with van der Waals surface area (Å²) in [7, 11) is 0. The summed E-state index contributed by atoms with van der Waals surface area (Å²) >= 11 is -1.59. The van der Waals surface area contributed by atoms with Crippen molar-refractivity contribution in [2.24, 2.45) is 0 Å². The van der Waals surface area contributed by atoms with Gasteiger partial charge in [-0.1, -0.05) is 0 Å². The molecule has 1 aromatic rings. The van der Waals surface area contributed by atoms with Gasteiger partial charge >= 0.3 is 78.1 Å². The van der Waals surface area contributed by atoms with Gasteiger partial charge in [-0.3, -0.25) is 0 Å². The van der Waals surface area contributed by atoms with Gasteiger partial charge in [0, 0.05) is 0 Å². The van der Waals surface area contributed by atoms with E-state index in [4.69, 9.17) is 0 Å². The zero-order chi connectivity index (χ0) is 9.35. The van der Waals surface area contributed by atoms with Crippen LogP contribution in [0.1, 0.15) is 11.1 Å². The monoisotopic (exact) mass is 224 g/mol. The van der Waals surface area contributed by atoms with Crippen LogP contribution < -0.4 is 4.40 Å². The maximum absolute atomic E-state index is 2.45. The zero-order valence-electron chi connectivity index (χ0n) is 8.73. The van der Waals surface area contributed by atoms with Gasteiger partial charge in [-0.05, 0) is 0 Å². The van der Waals surface area contributed by atoms with Crippen LogP contribution in [0.15, 0.2) is 18.2 Å². The van der Waals surface area contributed by atoms with Gasteiger partial charge in [0.05, 0.1) is 0 Å². The average Bonchev–Trinajstić information content (AvgIpc) is 1.92. The van der Waals surface area contributed by atoms with Gasteiger partial charge in [0.25, 0.3) is 0 Å². The molecule has 0 aliphatic carbocycles. The molecule has 0 bridgehead atoms. The second kappa shape index (κ2) is 3.25. The van der Waals surface area contributed by atoms with Gasteiger partial charge in [0.1, 0.15) is 0 Å². The molecule has 1 aromatic carbocycles. The van der Waals surface area contributed by atoms with Crippen LogP contribution in [0.4, 0.5) is 0 Å². The van der Waals surface area contributed by atoms with Crippen LogP contribution in [0, 0.1) is 13.8 Å². The zero-order valence-corrected chi connectivity index (χ0v) is 10.8. The molecule has 0 N–H and O–H groups in total.